The molecule has 0 aromatic heterocycles. The summed E-state index contributed by atoms with van der Waals surface area (Å²) in [5, 5.41) is 11.3. The number of hydrogen-bond acceptors (Lipinski definition) is 2. The van der Waals surface area contributed by atoms with Gasteiger partial charge in [0, 0.05) is 6.42 Å². The summed E-state index contributed by atoms with van der Waals surface area (Å²) in [6, 6.07) is -0.797. The lowest BCUT2D eigenvalue weighted by Gasteiger charge is -2.38. The number of carboxylic acids is 1. The van der Waals surface area contributed by atoms with Crippen LogP contribution in [0.3, 0.4) is 0 Å². The van der Waals surface area contributed by atoms with Crippen molar-refractivity contribution in [2.24, 2.45) is 11.3 Å². The maximum atomic E-state index is 11.7. The van der Waals surface area contributed by atoms with Gasteiger partial charge in [-0.2, -0.15) is 0 Å². The second-order valence-electron chi connectivity index (χ2n) is 5.76. The molecule has 1 amide bonds. The largest absolute Gasteiger partial charge is 0.480 e. The second-order valence-corrected chi connectivity index (χ2v) is 5.76. The van der Waals surface area contributed by atoms with Gasteiger partial charge in [-0.25, -0.2) is 0 Å². The quantitative estimate of drug-likeness (QED) is 0.792. The van der Waals surface area contributed by atoms with Crippen LogP contribution in [0, 0.1) is 11.3 Å². The Kier molecular flexibility index (Phi) is 4.54. The van der Waals surface area contributed by atoms with E-state index in [0.717, 1.165) is 12.8 Å². The third-order valence-corrected chi connectivity index (χ3v) is 3.91. The molecule has 2 atom stereocenters. The number of nitrogens with one attached hydrogen (secondary N) is 1. The number of carbonyl (C=O) groups excluding carboxylic acids is 1. The molecule has 1 aliphatic carbocycles. The van der Waals surface area contributed by atoms with Crippen LogP contribution < -0.4 is 5.32 Å². The van der Waals surface area contributed by atoms with Gasteiger partial charge < -0.3 is 10.4 Å². The van der Waals surface area contributed by atoms with Crippen LogP contribution >= 0.6 is 0 Å². The van der Waals surface area contributed by atoms with Crippen molar-refractivity contribution in [1.29, 1.82) is 0 Å². The smallest absolute Gasteiger partial charge is 0.325 e. The fraction of sp³-hybridized carbons (Fsp3) is 0.846. The number of carboxylic acid groups (broad SMARTS) is 1. The van der Waals surface area contributed by atoms with Crippen LogP contribution in [0.15, 0.2) is 0 Å². The van der Waals surface area contributed by atoms with Gasteiger partial charge in [-0.1, -0.05) is 26.7 Å². The molecule has 0 bridgehead atoms. The van der Waals surface area contributed by atoms with Crippen molar-refractivity contribution in [3.63, 3.8) is 0 Å². The highest BCUT2D eigenvalue weighted by Gasteiger charge is 2.33. The molecule has 0 radical (unpaired) electrons. The zero-order valence-electron chi connectivity index (χ0n) is 11.0. The molecule has 1 rings (SSSR count). The summed E-state index contributed by atoms with van der Waals surface area (Å²) in [6.45, 7) is 5.89. The van der Waals surface area contributed by atoms with Gasteiger partial charge in [0.1, 0.15) is 6.04 Å². The minimum atomic E-state index is -0.985. The van der Waals surface area contributed by atoms with E-state index in [4.69, 9.17) is 5.11 Å². The molecule has 1 fully saturated rings. The van der Waals surface area contributed by atoms with Crippen molar-refractivity contribution in [3.05, 3.63) is 0 Å². The highest BCUT2D eigenvalue weighted by atomic mass is 16.4. The lowest BCUT2D eigenvalue weighted by atomic mass is 9.67. The number of rotatable bonds is 4. The Labute approximate surface area is 103 Å². The lowest BCUT2D eigenvalue weighted by Crippen LogP contribution is -2.41. The molecule has 0 heterocycles. The molecule has 1 unspecified atom stereocenters. The second kappa shape index (κ2) is 5.52. The molecule has 0 spiro atoms. The van der Waals surface area contributed by atoms with Gasteiger partial charge in [-0.05, 0) is 31.1 Å². The molecule has 0 saturated heterocycles. The van der Waals surface area contributed by atoms with Crippen LogP contribution in [0.25, 0.3) is 0 Å². The van der Waals surface area contributed by atoms with Crippen molar-refractivity contribution < 1.29 is 14.7 Å². The Bertz CT molecular complexity index is 299. The molecule has 4 heteroatoms. The Balaban J connectivity index is 2.47. The molecular formula is C13H23NO3. The predicted molar refractivity (Wildman–Crippen MR) is 65.6 cm³/mol. The average molecular weight is 241 g/mol. The first-order chi connectivity index (χ1) is 7.83. The molecule has 1 aliphatic rings. The Morgan fingerprint density at radius 2 is 2.06 bits per heavy atom. The topological polar surface area (TPSA) is 66.4 Å². The van der Waals surface area contributed by atoms with Crippen molar-refractivity contribution in [2.75, 3.05) is 0 Å². The molecule has 0 aromatic carbocycles. The predicted octanol–water partition coefficient (Wildman–Crippen LogP) is 2.18. The van der Waals surface area contributed by atoms with E-state index in [1.165, 1.54) is 19.8 Å². The van der Waals surface area contributed by atoms with Crippen molar-refractivity contribution in [1.82, 2.24) is 5.32 Å². The molecule has 2 N–H and O–H groups in total. The van der Waals surface area contributed by atoms with E-state index >= 15 is 0 Å². The van der Waals surface area contributed by atoms with Gasteiger partial charge in [0.05, 0.1) is 0 Å². The average Bonchev–Trinajstić information content (AvgIpc) is 2.20. The maximum Gasteiger partial charge on any atom is 0.325 e. The summed E-state index contributed by atoms with van der Waals surface area (Å²) in [7, 11) is 0. The SMILES string of the molecule is C[C@@H](NC(=O)CC1CCCCC1(C)C)C(=O)O. The van der Waals surface area contributed by atoms with E-state index < -0.39 is 12.0 Å². The third-order valence-electron chi connectivity index (χ3n) is 3.91. The molecule has 17 heavy (non-hydrogen) atoms. The third kappa shape index (κ3) is 4.02. The van der Waals surface area contributed by atoms with Crippen LogP contribution in [0.4, 0.5) is 0 Å². The van der Waals surface area contributed by atoms with Gasteiger partial charge in [-0.3, -0.25) is 9.59 Å². The first kappa shape index (κ1) is 14.0. The fourth-order valence-corrected chi connectivity index (χ4v) is 2.53. The lowest BCUT2D eigenvalue weighted by molar-refractivity contribution is -0.141. The van der Waals surface area contributed by atoms with Gasteiger partial charge in [0.2, 0.25) is 5.91 Å². The Hall–Kier alpha value is -1.06. The summed E-state index contributed by atoms with van der Waals surface area (Å²) >= 11 is 0. The maximum absolute atomic E-state index is 11.7. The first-order valence-corrected chi connectivity index (χ1v) is 6.35. The molecule has 4 nitrogen and oxygen atoms in total. The minimum absolute atomic E-state index is 0.139. The van der Waals surface area contributed by atoms with E-state index in [9.17, 15) is 9.59 Å². The van der Waals surface area contributed by atoms with Crippen LogP contribution in [0.2, 0.25) is 0 Å². The van der Waals surface area contributed by atoms with Crippen molar-refractivity contribution in [3.8, 4) is 0 Å². The van der Waals surface area contributed by atoms with E-state index in [-0.39, 0.29) is 11.3 Å². The van der Waals surface area contributed by atoms with Crippen LogP contribution in [0.5, 0.6) is 0 Å². The highest BCUT2D eigenvalue weighted by Crippen LogP contribution is 2.42. The monoisotopic (exact) mass is 241 g/mol. The zero-order valence-corrected chi connectivity index (χ0v) is 11.0. The fourth-order valence-electron chi connectivity index (χ4n) is 2.53. The summed E-state index contributed by atoms with van der Waals surface area (Å²) in [5.41, 5.74) is 0.196. The Morgan fingerprint density at radius 3 is 2.59 bits per heavy atom. The summed E-state index contributed by atoms with van der Waals surface area (Å²) in [4.78, 5) is 22.4. The van der Waals surface area contributed by atoms with Crippen molar-refractivity contribution >= 4 is 11.9 Å². The van der Waals surface area contributed by atoms with Crippen LogP contribution in [-0.2, 0) is 9.59 Å². The molecule has 0 aliphatic heterocycles. The number of aliphatic carboxylic acids is 1. The van der Waals surface area contributed by atoms with Crippen molar-refractivity contribution in [2.45, 2.75) is 58.9 Å². The molecular weight excluding hydrogens is 218 g/mol. The van der Waals surface area contributed by atoms with Gasteiger partial charge >= 0.3 is 5.97 Å². The number of carbonyl (C=O) groups is 2. The zero-order chi connectivity index (χ0) is 13.1. The Morgan fingerprint density at radius 1 is 1.41 bits per heavy atom. The van der Waals surface area contributed by atoms with Gasteiger partial charge in [0.15, 0.2) is 0 Å². The minimum Gasteiger partial charge on any atom is -0.480 e. The van der Waals surface area contributed by atoms with Gasteiger partial charge in [-0.15, -0.1) is 0 Å². The first-order valence-electron chi connectivity index (χ1n) is 6.35. The van der Waals surface area contributed by atoms with Crippen LogP contribution in [-0.4, -0.2) is 23.0 Å². The van der Waals surface area contributed by atoms with Crippen LogP contribution in [0.1, 0.15) is 52.9 Å². The summed E-state index contributed by atoms with van der Waals surface area (Å²) in [5.74, 6) is -0.752. The van der Waals surface area contributed by atoms with Gasteiger partial charge in [0.25, 0.3) is 0 Å². The summed E-state index contributed by atoms with van der Waals surface area (Å²) < 4.78 is 0. The molecule has 1 saturated carbocycles. The number of amides is 1. The molecule has 98 valence electrons. The van der Waals surface area contributed by atoms with E-state index in [1.807, 2.05) is 0 Å². The van der Waals surface area contributed by atoms with E-state index in [2.05, 4.69) is 19.2 Å². The molecule has 0 aromatic rings. The van der Waals surface area contributed by atoms with E-state index in [1.54, 1.807) is 0 Å². The normalized spacial score (nSPS) is 25.0. The standard InChI is InChI=1S/C13H23NO3/c1-9(12(16)17)14-11(15)8-10-6-4-5-7-13(10,2)3/h9-10H,4-8H2,1-3H3,(H,14,15)(H,16,17)/t9-,10?/m1/s1. The number of hydrogen-bond donors (Lipinski definition) is 2. The highest BCUT2D eigenvalue weighted by molar-refractivity contribution is 5.83. The summed E-state index contributed by atoms with van der Waals surface area (Å²) in [6.07, 6.45) is 5.08. The van der Waals surface area contributed by atoms with E-state index in [0.29, 0.717) is 12.3 Å².